The van der Waals surface area contributed by atoms with Crippen LogP contribution in [-0.2, 0) is 9.59 Å². The van der Waals surface area contributed by atoms with Crippen LogP contribution in [0, 0.1) is 0 Å². The number of aliphatic carboxylic acids is 2. The van der Waals surface area contributed by atoms with E-state index < -0.39 is 11.9 Å². The number of carbonyl (C=O) groups is 2. The monoisotopic (exact) mass is 256 g/mol. The molecule has 18 heavy (non-hydrogen) atoms. The normalized spacial score (nSPS) is 12.4. The van der Waals surface area contributed by atoms with Crippen molar-refractivity contribution in [3.8, 4) is 0 Å². The number of carboxylic acid groups (broad SMARTS) is 2. The van der Waals surface area contributed by atoms with E-state index in [9.17, 15) is 9.59 Å². The highest BCUT2D eigenvalue weighted by Gasteiger charge is 2.00. The Morgan fingerprint density at radius 1 is 0.833 bits per heavy atom. The third-order valence-corrected chi connectivity index (χ3v) is 1.63. The predicted octanol–water partition coefficient (Wildman–Crippen LogP) is 0.709. The summed E-state index contributed by atoms with van der Waals surface area (Å²) in [6, 6.07) is 0. The number of allylic oxidation sites excluding steroid dienone is 4. The van der Waals surface area contributed by atoms with Crippen molar-refractivity contribution in [3.63, 3.8) is 0 Å². The smallest absolute Gasteiger partial charge is 0.303 e. The Bertz CT molecular complexity index is 366. The molecule has 8 nitrogen and oxygen atoms in total. The fourth-order valence-electron chi connectivity index (χ4n) is 0.800. The lowest BCUT2D eigenvalue weighted by Crippen LogP contribution is -2.00. The average molecular weight is 256 g/mol. The quantitative estimate of drug-likeness (QED) is 0.333. The molecule has 8 heteroatoms. The third kappa shape index (κ3) is 7.63. The van der Waals surface area contributed by atoms with E-state index in [4.69, 9.17) is 20.6 Å². The first-order chi connectivity index (χ1) is 8.49. The van der Waals surface area contributed by atoms with E-state index in [1.54, 1.807) is 0 Å². The van der Waals surface area contributed by atoms with Crippen molar-refractivity contribution in [2.24, 2.45) is 10.3 Å². The molecule has 0 saturated carbocycles. The summed E-state index contributed by atoms with van der Waals surface area (Å²) in [7, 11) is 0. The molecule has 1 aliphatic carbocycles. The van der Waals surface area contributed by atoms with Gasteiger partial charge in [-0.3, -0.25) is 9.59 Å². The number of carboxylic acids is 2. The summed E-state index contributed by atoms with van der Waals surface area (Å²) in [6.45, 7) is 0. The van der Waals surface area contributed by atoms with Gasteiger partial charge >= 0.3 is 11.9 Å². The highest BCUT2D eigenvalue weighted by Crippen LogP contribution is 1.95. The van der Waals surface area contributed by atoms with Crippen molar-refractivity contribution in [3.05, 3.63) is 24.3 Å². The molecule has 0 saturated heterocycles. The van der Waals surface area contributed by atoms with Crippen LogP contribution in [0.15, 0.2) is 34.6 Å². The first-order valence-corrected chi connectivity index (χ1v) is 4.73. The molecule has 0 fully saturated rings. The van der Waals surface area contributed by atoms with Crippen LogP contribution in [0.1, 0.15) is 12.8 Å². The second-order valence-corrected chi connectivity index (χ2v) is 3.00. The zero-order valence-electron chi connectivity index (χ0n) is 9.22. The van der Waals surface area contributed by atoms with Crippen molar-refractivity contribution >= 4 is 23.4 Å². The molecular weight excluding hydrogens is 244 g/mol. The van der Waals surface area contributed by atoms with E-state index >= 15 is 0 Å². The Morgan fingerprint density at radius 2 is 1.11 bits per heavy atom. The van der Waals surface area contributed by atoms with Gasteiger partial charge in [-0.2, -0.15) is 0 Å². The van der Waals surface area contributed by atoms with Crippen LogP contribution in [0.4, 0.5) is 0 Å². The molecule has 0 bridgehead atoms. The molecule has 0 aromatic carbocycles. The number of nitrogens with zero attached hydrogens (tertiary/aromatic N) is 2. The first-order valence-electron chi connectivity index (χ1n) is 4.73. The van der Waals surface area contributed by atoms with Crippen molar-refractivity contribution < 1.29 is 30.2 Å². The molecule has 0 heterocycles. The van der Waals surface area contributed by atoms with Gasteiger partial charge < -0.3 is 20.6 Å². The number of hydrogen-bond donors (Lipinski definition) is 4. The average Bonchev–Trinajstić information content (AvgIpc) is 2.37. The zero-order chi connectivity index (χ0) is 14.0. The minimum Gasteiger partial charge on any atom is -0.481 e. The second-order valence-electron chi connectivity index (χ2n) is 3.00. The summed E-state index contributed by atoms with van der Waals surface area (Å²) in [5, 5.41) is 38.1. The lowest BCUT2D eigenvalue weighted by Gasteiger charge is -1.95. The van der Waals surface area contributed by atoms with Crippen LogP contribution in [0.3, 0.4) is 0 Å². The van der Waals surface area contributed by atoms with E-state index in [1.807, 2.05) is 0 Å². The van der Waals surface area contributed by atoms with Gasteiger partial charge in [0.15, 0.2) is 0 Å². The van der Waals surface area contributed by atoms with E-state index in [0.717, 1.165) is 0 Å². The summed E-state index contributed by atoms with van der Waals surface area (Å²) in [5.41, 5.74) is 0.875. The van der Waals surface area contributed by atoms with E-state index in [2.05, 4.69) is 10.3 Å². The summed E-state index contributed by atoms with van der Waals surface area (Å²) < 4.78 is 0. The van der Waals surface area contributed by atoms with Crippen LogP contribution in [-0.4, -0.2) is 44.0 Å². The SMILES string of the molecule is O=C(O)CCC(=O)O.ON=C1C=CC(=NO)C=C1. The van der Waals surface area contributed by atoms with Crippen LogP contribution in [0.25, 0.3) is 0 Å². The Kier molecular flexibility index (Phi) is 7.26. The van der Waals surface area contributed by atoms with Gasteiger partial charge in [0, 0.05) is 0 Å². The van der Waals surface area contributed by atoms with E-state index in [-0.39, 0.29) is 12.8 Å². The number of hydrogen-bond acceptors (Lipinski definition) is 6. The number of oxime groups is 2. The molecule has 4 N–H and O–H groups in total. The Labute approximate surface area is 102 Å². The fraction of sp³-hybridized carbons (Fsp3) is 0.200. The van der Waals surface area contributed by atoms with Crippen molar-refractivity contribution in [1.29, 1.82) is 0 Å². The van der Waals surface area contributed by atoms with Gasteiger partial charge in [0.25, 0.3) is 0 Å². The zero-order valence-corrected chi connectivity index (χ0v) is 9.22. The van der Waals surface area contributed by atoms with Gasteiger partial charge in [-0.1, -0.05) is 10.3 Å². The van der Waals surface area contributed by atoms with Crippen LogP contribution < -0.4 is 0 Å². The molecule has 0 spiro atoms. The van der Waals surface area contributed by atoms with Gasteiger partial charge in [0.2, 0.25) is 0 Å². The van der Waals surface area contributed by atoms with Gasteiger partial charge in [-0.05, 0) is 24.3 Å². The molecule has 0 atom stereocenters. The maximum absolute atomic E-state index is 9.64. The highest BCUT2D eigenvalue weighted by atomic mass is 16.4. The van der Waals surface area contributed by atoms with Gasteiger partial charge in [-0.15, -0.1) is 0 Å². The standard InChI is InChI=1S/C6H6N2O2.C4H6O4/c9-7-5-1-2-6(8-10)4-3-5;5-3(6)1-2-4(7)8/h1-4,9-10H;1-2H2,(H,5,6)(H,7,8). The van der Waals surface area contributed by atoms with Crippen LogP contribution in [0.5, 0.6) is 0 Å². The summed E-state index contributed by atoms with van der Waals surface area (Å²) >= 11 is 0. The maximum atomic E-state index is 9.64. The van der Waals surface area contributed by atoms with Gasteiger partial charge in [-0.25, -0.2) is 0 Å². The largest absolute Gasteiger partial charge is 0.481 e. The molecule has 0 aliphatic heterocycles. The Hall–Kier alpha value is -2.64. The molecule has 0 radical (unpaired) electrons. The molecule has 0 aromatic heterocycles. The molecule has 0 amide bonds. The first kappa shape index (κ1) is 15.4. The minimum absolute atomic E-state index is 0.296. The second kappa shape index (κ2) is 8.50. The van der Waals surface area contributed by atoms with Crippen LogP contribution >= 0.6 is 0 Å². The highest BCUT2D eigenvalue weighted by molar-refractivity contribution is 6.18. The summed E-state index contributed by atoms with van der Waals surface area (Å²) in [4.78, 5) is 19.3. The molecule has 0 unspecified atom stereocenters. The maximum Gasteiger partial charge on any atom is 0.303 e. The third-order valence-electron chi connectivity index (χ3n) is 1.63. The lowest BCUT2D eigenvalue weighted by atomic mass is 10.1. The number of rotatable bonds is 3. The van der Waals surface area contributed by atoms with E-state index in [0.29, 0.717) is 11.4 Å². The Morgan fingerprint density at radius 3 is 1.28 bits per heavy atom. The molecular formula is C10H12N2O6. The van der Waals surface area contributed by atoms with Crippen molar-refractivity contribution in [2.75, 3.05) is 0 Å². The fourth-order valence-corrected chi connectivity index (χ4v) is 0.800. The van der Waals surface area contributed by atoms with Gasteiger partial charge in [0.05, 0.1) is 12.8 Å². The Balaban J connectivity index is 0.000000331. The topological polar surface area (TPSA) is 140 Å². The molecule has 0 aromatic rings. The molecule has 98 valence electrons. The van der Waals surface area contributed by atoms with Gasteiger partial charge in [0.1, 0.15) is 11.4 Å². The van der Waals surface area contributed by atoms with Crippen molar-refractivity contribution in [1.82, 2.24) is 0 Å². The molecule has 1 aliphatic rings. The minimum atomic E-state index is -1.08. The van der Waals surface area contributed by atoms with E-state index in [1.165, 1.54) is 24.3 Å². The summed E-state index contributed by atoms with van der Waals surface area (Å²) in [6.07, 6.45) is 5.55. The predicted molar refractivity (Wildman–Crippen MR) is 61.2 cm³/mol. The van der Waals surface area contributed by atoms with Crippen molar-refractivity contribution in [2.45, 2.75) is 12.8 Å². The molecule has 1 rings (SSSR count). The summed E-state index contributed by atoms with van der Waals surface area (Å²) in [5.74, 6) is -2.15. The van der Waals surface area contributed by atoms with Crippen LogP contribution in [0.2, 0.25) is 0 Å². The lowest BCUT2D eigenvalue weighted by molar-refractivity contribution is -0.143.